The zero-order valence-corrected chi connectivity index (χ0v) is 23.9. The highest BCUT2D eigenvalue weighted by molar-refractivity contribution is 6.30. The maximum Gasteiger partial charge on any atom is 0.142 e. The van der Waals surface area contributed by atoms with Gasteiger partial charge in [-0.05, 0) is 36.6 Å². The Morgan fingerprint density at radius 2 is 1.45 bits per heavy atom. The first-order chi connectivity index (χ1) is 19.5. The summed E-state index contributed by atoms with van der Waals surface area (Å²) in [7, 11) is 0. The molecule has 3 nitrogen and oxygen atoms in total. The Balaban J connectivity index is 1.62. The van der Waals surface area contributed by atoms with Crippen molar-refractivity contribution in [1.82, 2.24) is 14.5 Å². The van der Waals surface area contributed by atoms with Crippen LogP contribution in [0.25, 0.3) is 22.6 Å². The van der Waals surface area contributed by atoms with Gasteiger partial charge < -0.3 is 4.57 Å². The Morgan fingerprint density at radius 3 is 2.10 bits per heavy atom. The number of hydrogen-bond acceptors (Lipinski definition) is 2. The van der Waals surface area contributed by atoms with Gasteiger partial charge in [-0.25, -0.2) is 9.37 Å². The minimum atomic E-state index is -0.390. The van der Waals surface area contributed by atoms with Crippen LogP contribution in [0.2, 0.25) is 5.02 Å². The smallest absolute Gasteiger partial charge is 0.142 e. The zero-order chi connectivity index (χ0) is 27.9. The van der Waals surface area contributed by atoms with Crippen LogP contribution in [-0.2, 0) is 26.2 Å². The summed E-state index contributed by atoms with van der Waals surface area (Å²) in [5.41, 5.74) is 7.69. The first-order valence-electron chi connectivity index (χ1n) is 13.9. The molecule has 0 amide bonds. The van der Waals surface area contributed by atoms with E-state index in [-0.39, 0.29) is 10.8 Å². The fraction of sp³-hybridized carbons (Fsp3) is 0.229. The molecule has 4 aromatic carbocycles. The minimum Gasteiger partial charge on any atom is -0.326 e. The maximum absolute atomic E-state index is 14.5. The number of unbranched alkanes of at least 4 members (excludes halogenated alkanes) is 1. The van der Waals surface area contributed by atoms with Gasteiger partial charge in [0.15, 0.2) is 0 Å². The molecule has 0 aliphatic heterocycles. The molecule has 1 heterocycles. The number of aromatic nitrogens is 2. The van der Waals surface area contributed by atoms with Gasteiger partial charge >= 0.3 is 0 Å². The molecule has 0 atom stereocenters. The van der Waals surface area contributed by atoms with Crippen LogP contribution >= 0.6 is 11.6 Å². The summed E-state index contributed by atoms with van der Waals surface area (Å²) in [5.74, 6) is 0.593. The van der Waals surface area contributed by atoms with Crippen molar-refractivity contribution in [2.75, 3.05) is 0 Å². The van der Waals surface area contributed by atoms with Crippen LogP contribution in [0.15, 0.2) is 103 Å². The van der Waals surface area contributed by atoms with E-state index >= 15 is 0 Å². The van der Waals surface area contributed by atoms with Crippen LogP contribution in [0.5, 0.6) is 0 Å². The molecule has 40 heavy (non-hydrogen) atoms. The molecule has 0 bridgehead atoms. The van der Waals surface area contributed by atoms with Crippen LogP contribution in [-0.4, -0.2) is 14.5 Å². The van der Waals surface area contributed by atoms with Crippen molar-refractivity contribution in [1.29, 1.82) is 0 Å². The SMILES string of the molecule is CCCCn1c(-c2ccccc2)nc(-c2ccccc2)c1CN(Cc1cccc(C)c1)Cc1ccc(Cl)c(F)c1. The lowest BCUT2D eigenvalue weighted by Crippen LogP contribution is -2.24. The molecular weight excluding hydrogens is 517 g/mol. The quantitative estimate of drug-likeness (QED) is 0.163. The van der Waals surface area contributed by atoms with Gasteiger partial charge in [0, 0.05) is 37.3 Å². The molecule has 0 fully saturated rings. The molecule has 5 rings (SSSR count). The summed E-state index contributed by atoms with van der Waals surface area (Å²) in [6, 6.07) is 34.5. The van der Waals surface area contributed by atoms with Crippen LogP contribution in [0.4, 0.5) is 4.39 Å². The average Bonchev–Trinajstić information content (AvgIpc) is 3.32. The van der Waals surface area contributed by atoms with Gasteiger partial charge in [-0.2, -0.15) is 0 Å². The van der Waals surface area contributed by atoms with Crippen molar-refractivity contribution in [2.24, 2.45) is 0 Å². The van der Waals surface area contributed by atoms with Gasteiger partial charge in [-0.3, -0.25) is 4.90 Å². The number of nitrogens with zero attached hydrogens (tertiary/aromatic N) is 3. The molecule has 0 unspecified atom stereocenters. The number of rotatable bonds is 11. The van der Waals surface area contributed by atoms with Crippen LogP contribution in [0, 0.1) is 12.7 Å². The largest absolute Gasteiger partial charge is 0.326 e. The Labute approximate surface area is 241 Å². The molecule has 0 aliphatic rings. The molecule has 0 spiro atoms. The standard InChI is InChI=1S/C35H35ClFN3/c1-3-4-20-40-33(34(29-14-7-5-8-15-29)38-35(40)30-16-9-6-10-17-30)25-39(23-27-13-11-12-26(2)21-27)24-28-18-19-31(36)32(37)22-28/h5-19,21-22H,3-4,20,23-25H2,1-2H3. The predicted molar refractivity (Wildman–Crippen MR) is 164 cm³/mol. The first-order valence-corrected chi connectivity index (χ1v) is 14.3. The second-order valence-corrected chi connectivity index (χ2v) is 10.8. The highest BCUT2D eigenvalue weighted by atomic mass is 35.5. The molecule has 0 aliphatic carbocycles. The second kappa shape index (κ2) is 13.1. The van der Waals surface area contributed by atoms with Crippen molar-refractivity contribution in [3.63, 3.8) is 0 Å². The third-order valence-corrected chi connectivity index (χ3v) is 7.45. The van der Waals surface area contributed by atoms with E-state index < -0.39 is 0 Å². The Morgan fingerprint density at radius 1 is 0.775 bits per heavy atom. The molecule has 0 N–H and O–H groups in total. The number of imidazole rings is 1. The normalized spacial score (nSPS) is 11.3. The summed E-state index contributed by atoms with van der Waals surface area (Å²) in [5, 5.41) is 0.144. The summed E-state index contributed by atoms with van der Waals surface area (Å²) in [4.78, 5) is 7.64. The molecule has 0 saturated carbocycles. The highest BCUT2D eigenvalue weighted by Crippen LogP contribution is 2.32. The summed E-state index contributed by atoms with van der Waals surface area (Å²) in [6.45, 7) is 7.17. The molecule has 1 aromatic heterocycles. The van der Waals surface area contributed by atoms with Crippen molar-refractivity contribution in [3.05, 3.63) is 136 Å². The maximum atomic E-state index is 14.5. The van der Waals surface area contributed by atoms with Gasteiger partial charge in [0.25, 0.3) is 0 Å². The fourth-order valence-electron chi connectivity index (χ4n) is 5.18. The Bertz CT molecular complexity index is 1550. The van der Waals surface area contributed by atoms with Crippen LogP contribution in [0.3, 0.4) is 0 Å². The molecular formula is C35H35ClFN3. The molecule has 0 radical (unpaired) electrons. The van der Waals surface area contributed by atoms with E-state index in [1.807, 2.05) is 18.2 Å². The third kappa shape index (κ3) is 6.70. The van der Waals surface area contributed by atoms with E-state index in [4.69, 9.17) is 16.6 Å². The zero-order valence-electron chi connectivity index (χ0n) is 23.2. The topological polar surface area (TPSA) is 21.1 Å². The van der Waals surface area contributed by atoms with E-state index in [1.165, 1.54) is 16.8 Å². The van der Waals surface area contributed by atoms with E-state index in [0.717, 1.165) is 54.1 Å². The van der Waals surface area contributed by atoms with Gasteiger partial charge in [-0.1, -0.05) is 122 Å². The van der Waals surface area contributed by atoms with E-state index in [1.54, 1.807) is 12.1 Å². The van der Waals surface area contributed by atoms with Crippen molar-refractivity contribution in [2.45, 2.75) is 52.9 Å². The monoisotopic (exact) mass is 551 g/mol. The number of hydrogen-bond donors (Lipinski definition) is 0. The summed E-state index contributed by atoms with van der Waals surface area (Å²) in [6.07, 6.45) is 2.14. The summed E-state index contributed by atoms with van der Waals surface area (Å²) >= 11 is 6.01. The van der Waals surface area contributed by atoms with Crippen molar-refractivity contribution in [3.8, 4) is 22.6 Å². The fourth-order valence-corrected chi connectivity index (χ4v) is 5.30. The van der Waals surface area contributed by atoms with Gasteiger partial charge in [-0.15, -0.1) is 0 Å². The van der Waals surface area contributed by atoms with E-state index in [0.29, 0.717) is 13.1 Å². The number of benzene rings is 4. The highest BCUT2D eigenvalue weighted by Gasteiger charge is 2.22. The molecule has 0 saturated heterocycles. The lowest BCUT2D eigenvalue weighted by atomic mass is 10.1. The minimum absolute atomic E-state index is 0.144. The predicted octanol–water partition coefficient (Wildman–Crippen LogP) is 9.32. The Kier molecular flexibility index (Phi) is 9.10. The third-order valence-electron chi connectivity index (χ3n) is 7.14. The van der Waals surface area contributed by atoms with E-state index in [9.17, 15) is 4.39 Å². The second-order valence-electron chi connectivity index (χ2n) is 10.4. The molecule has 5 aromatic rings. The van der Waals surface area contributed by atoms with E-state index in [2.05, 4.69) is 96.1 Å². The Hall–Kier alpha value is -3.73. The number of aryl methyl sites for hydroxylation is 1. The molecule has 5 heteroatoms. The lowest BCUT2D eigenvalue weighted by Gasteiger charge is -2.25. The van der Waals surface area contributed by atoms with Crippen molar-refractivity contribution < 1.29 is 4.39 Å². The van der Waals surface area contributed by atoms with Gasteiger partial charge in [0.1, 0.15) is 11.6 Å². The first kappa shape index (κ1) is 27.8. The lowest BCUT2D eigenvalue weighted by molar-refractivity contribution is 0.241. The van der Waals surface area contributed by atoms with Gasteiger partial charge in [0.05, 0.1) is 16.4 Å². The van der Waals surface area contributed by atoms with Crippen LogP contribution in [0.1, 0.15) is 42.1 Å². The number of halogens is 2. The average molecular weight is 552 g/mol. The van der Waals surface area contributed by atoms with Crippen molar-refractivity contribution >= 4 is 11.6 Å². The molecule has 204 valence electrons. The van der Waals surface area contributed by atoms with Gasteiger partial charge in [0.2, 0.25) is 0 Å². The van der Waals surface area contributed by atoms with Crippen LogP contribution < -0.4 is 0 Å². The summed E-state index contributed by atoms with van der Waals surface area (Å²) < 4.78 is 16.8.